The molecule has 0 unspecified atom stereocenters. The summed E-state index contributed by atoms with van der Waals surface area (Å²) in [5.74, 6) is 0.404. The summed E-state index contributed by atoms with van der Waals surface area (Å²) in [7, 11) is -2.66. The van der Waals surface area contributed by atoms with Crippen LogP contribution >= 0.6 is 11.6 Å². The van der Waals surface area contributed by atoms with Crippen LogP contribution in [-0.2, 0) is 27.4 Å². The van der Waals surface area contributed by atoms with Gasteiger partial charge in [-0.05, 0) is 60.5 Å². The molecule has 192 valence electrons. The zero-order valence-electron chi connectivity index (χ0n) is 18.9. The number of hydrogen-bond donors (Lipinski definition) is 2. The van der Waals surface area contributed by atoms with Gasteiger partial charge in [-0.3, -0.25) is 9.52 Å². The van der Waals surface area contributed by atoms with Crippen molar-refractivity contribution in [3.8, 4) is 11.5 Å². The summed E-state index contributed by atoms with van der Waals surface area (Å²) in [5, 5.41) is 2.61. The number of amides is 1. The number of anilines is 1. The van der Waals surface area contributed by atoms with E-state index < -0.39 is 27.7 Å². The number of methoxy groups -OCH3 is 1. The van der Waals surface area contributed by atoms with E-state index >= 15 is 0 Å². The summed E-state index contributed by atoms with van der Waals surface area (Å²) in [6.45, 7) is 0.0254. The zero-order valence-corrected chi connectivity index (χ0v) is 20.5. The highest BCUT2D eigenvalue weighted by Gasteiger charge is 2.30. The smallest absolute Gasteiger partial charge is 0.416 e. The van der Waals surface area contributed by atoms with Crippen LogP contribution < -0.4 is 19.5 Å². The SMILES string of the molecule is COc1ccc(CCNC(=O)COc2ccc(S(=O)(=O)Nc3cccc(C(F)(F)F)c3)cc2Cl)cc1. The lowest BCUT2D eigenvalue weighted by Gasteiger charge is -2.13. The summed E-state index contributed by atoms with van der Waals surface area (Å²) >= 11 is 6.11. The van der Waals surface area contributed by atoms with Crippen molar-refractivity contribution in [2.24, 2.45) is 0 Å². The Morgan fingerprint density at radius 1 is 1.03 bits per heavy atom. The van der Waals surface area contributed by atoms with Crippen molar-refractivity contribution in [2.75, 3.05) is 25.0 Å². The molecule has 0 aliphatic heterocycles. The van der Waals surface area contributed by atoms with Gasteiger partial charge in [-0.2, -0.15) is 13.2 Å². The van der Waals surface area contributed by atoms with Crippen LogP contribution in [0.25, 0.3) is 0 Å². The fraction of sp³-hybridized carbons (Fsp3) is 0.208. The monoisotopic (exact) mass is 542 g/mol. The number of rotatable bonds is 10. The van der Waals surface area contributed by atoms with Gasteiger partial charge in [0.05, 0.1) is 22.6 Å². The minimum atomic E-state index is -4.62. The van der Waals surface area contributed by atoms with Crippen molar-refractivity contribution < 1.29 is 35.9 Å². The Hall–Kier alpha value is -3.44. The molecule has 0 saturated carbocycles. The molecule has 36 heavy (non-hydrogen) atoms. The van der Waals surface area contributed by atoms with Gasteiger partial charge in [0.15, 0.2) is 6.61 Å². The summed E-state index contributed by atoms with van der Waals surface area (Å²) in [5.41, 5.74) is -0.241. The van der Waals surface area contributed by atoms with Crippen molar-refractivity contribution in [2.45, 2.75) is 17.5 Å². The second-order valence-corrected chi connectivity index (χ2v) is 9.60. The van der Waals surface area contributed by atoms with Crippen LogP contribution in [0.2, 0.25) is 5.02 Å². The predicted octanol–water partition coefficient (Wildman–Crippen LogP) is 4.91. The molecule has 3 aromatic carbocycles. The van der Waals surface area contributed by atoms with E-state index in [-0.39, 0.29) is 28.0 Å². The molecule has 0 spiro atoms. The van der Waals surface area contributed by atoms with Crippen LogP contribution in [0, 0.1) is 0 Å². The van der Waals surface area contributed by atoms with Crippen LogP contribution in [0.3, 0.4) is 0 Å². The maximum absolute atomic E-state index is 12.9. The molecule has 0 bridgehead atoms. The molecular formula is C24H22ClF3N2O5S. The van der Waals surface area contributed by atoms with Crippen molar-refractivity contribution in [1.29, 1.82) is 0 Å². The van der Waals surface area contributed by atoms with Crippen LogP contribution in [0.1, 0.15) is 11.1 Å². The average molecular weight is 543 g/mol. The van der Waals surface area contributed by atoms with E-state index in [2.05, 4.69) is 10.0 Å². The Morgan fingerprint density at radius 3 is 2.39 bits per heavy atom. The molecular weight excluding hydrogens is 521 g/mol. The molecule has 0 radical (unpaired) electrons. The van der Waals surface area contributed by atoms with Gasteiger partial charge in [-0.1, -0.05) is 29.8 Å². The minimum absolute atomic E-state index is 0.0694. The average Bonchev–Trinajstić information content (AvgIpc) is 2.83. The van der Waals surface area contributed by atoms with E-state index in [0.29, 0.717) is 19.0 Å². The molecule has 0 aliphatic carbocycles. The Bertz CT molecular complexity index is 1320. The highest BCUT2D eigenvalue weighted by Crippen LogP contribution is 2.32. The minimum Gasteiger partial charge on any atom is -0.497 e. The van der Waals surface area contributed by atoms with Gasteiger partial charge < -0.3 is 14.8 Å². The number of ether oxygens (including phenoxy) is 2. The topological polar surface area (TPSA) is 93.7 Å². The third kappa shape index (κ3) is 7.53. The van der Waals surface area contributed by atoms with Crippen LogP contribution in [0.5, 0.6) is 11.5 Å². The summed E-state index contributed by atoms with van der Waals surface area (Å²) in [6, 6.07) is 14.7. The number of nitrogens with one attached hydrogen (secondary N) is 2. The van der Waals surface area contributed by atoms with E-state index in [9.17, 15) is 26.4 Å². The standard InChI is InChI=1S/C24H22ClF3N2O5S/c1-34-19-7-5-16(6-8-19)11-12-29-23(31)15-35-22-10-9-20(14-21(22)25)36(32,33)30-18-4-2-3-17(13-18)24(26,27)28/h2-10,13-14,30H,11-12,15H2,1H3,(H,29,31). The number of benzene rings is 3. The van der Waals surface area contributed by atoms with Gasteiger partial charge in [-0.25, -0.2) is 8.42 Å². The lowest BCUT2D eigenvalue weighted by molar-refractivity contribution is -0.137. The van der Waals surface area contributed by atoms with E-state index in [0.717, 1.165) is 29.5 Å². The third-order valence-electron chi connectivity index (χ3n) is 4.91. The maximum atomic E-state index is 12.9. The Morgan fingerprint density at radius 2 is 1.75 bits per heavy atom. The van der Waals surface area contributed by atoms with Gasteiger partial charge in [0.2, 0.25) is 0 Å². The van der Waals surface area contributed by atoms with Gasteiger partial charge in [0, 0.05) is 12.2 Å². The van der Waals surface area contributed by atoms with Crippen LogP contribution in [-0.4, -0.2) is 34.6 Å². The first-order chi connectivity index (χ1) is 17.0. The van der Waals surface area contributed by atoms with Gasteiger partial charge in [-0.15, -0.1) is 0 Å². The normalized spacial score (nSPS) is 11.6. The Kier molecular flexibility index (Phi) is 8.70. The molecule has 0 saturated heterocycles. The van der Waals surface area contributed by atoms with Crippen LogP contribution in [0.4, 0.5) is 18.9 Å². The highest BCUT2D eigenvalue weighted by molar-refractivity contribution is 7.92. The molecule has 7 nitrogen and oxygen atoms in total. The van der Waals surface area contributed by atoms with Crippen molar-refractivity contribution in [3.63, 3.8) is 0 Å². The molecule has 0 atom stereocenters. The molecule has 3 rings (SSSR count). The molecule has 1 amide bonds. The fourth-order valence-electron chi connectivity index (χ4n) is 3.07. The maximum Gasteiger partial charge on any atom is 0.416 e. The second-order valence-electron chi connectivity index (χ2n) is 7.51. The number of alkyl halides is 3. The van der Waals surface area contributed by atoms with E-state index in [1.807, 2.05) is 24.3 Å². The lowest BCUT2D eigenvalue weighted by Crippen LogP contribution is -2.30. The molecule has 12 heteroatoms. The number of carbonyl (C=O) groups is 1. The number of sulfonamides is 1. The van der Waals surface area contributed by atoms with Gasteiger partial charge in [0.25, 0.3) is 15.9 Å². The Labute approximate surface area is 211 Å². The molecule has 3 aromatic rings. The van der Waals surface area contributed by atoms with E-state index in [1.54, 1.807) is 7.11 Å². The van der Waals surface area contributed by atoms with Gasteiger partial charge >= 0.3 is 6.18 Å². The molecule has 2 N–H and O–H groups in total. The largest absolute Gasteiger partial charge is 0.497 e. The first kappa shape index (κ1) is 27.2. The molecule has 0 aromatic heterocycles. The van der Waals surface area contributed by atoms with Crippen LogP contribution in [0.15, 0.2) is 71.6 Å². The van der Waals surface area contributed by atoms with Crippen molar-refractivity contribution in [1.82, 2.24) is 5.32 Å². The molecule has 0 heterocycles. The second kappa shape index (κ2) is 11.5. The van der Waals surface area contributed by atoms with E-state index in [4.69, 9.17) is 21.1 Å². The molecule has 0 fully saturated rings. The quantitative estimate of drug-likeness (QED) is 0.380. The first-order valence-electron chi connectivity index (χ1n) is 10.5. The third-order valence-corrected chi connectivity index (χ3v) is 6.58. The number of hydrogen-bond acceptors (Lipinski definition) is 5. The predicted molar refractivity (Wildman–Crippen MR) is 129 cm³/mol. The highest BCUT2D eigenvalue weighted by atomic mass is 35.5. The summed E-state index contributed by atoms with van der Waals surface area (Å²) in [6.07, 6.45) is -4.02. The Balaban J connectivity index is 1.55. The fourth-order valence-corrected chi connectivity index (χ4v) is 4.45. The summed E-state index contributed by atoms with van der Waals surface area (Å²) in [4.78, 5) is 11.8. The zero-order chi connectivity index (χ0) is 26.3. The van der Waals surface area contributed by atoms with Gasteiger partial charge in [0.1, 0.15) is 11.5 Å². The lowest BCUT2D eigenvalue weighted by atomic mass is 10.1. The first-order valence-corrected chi connectivity index (χ1v) is 12.4. The number of carbonyl (C=O) groups excluding carboxylic acids is 1. The number of halogens is 4. The van der Waals surface area contributed by atoms with Crippen molar-refractivity contribution >= 4 is 33.2 Å². The molecule has 0 aliphatic rings. The summed E-state index contributed by atoms with van der Waals surface area (Å²) < 4.78 is 76.4. The van der Waals surface area contributed by atoms with E-state index in [1.165, 1.54) is 18.2 Å². The van der Waals surface area contributed by atoms with Crippen molar-refractivity contribution in [3.05, 3.63) is 82.9 Å².